The van der Waals surface area contributed by atoms with Crippen LogP contribution in [-0.2, 0) is 11.3 Å². The van der Waals surface area contributed by atoms with Gasteiger partial charge in [0.1, 0.15) is 0 Å². The Balaban J connectivity index is 2.11. The first-order valence-corrected chi connectivity index (χ1v) is 8.36. The van der Waals surface area contributed by atoms with Crippen molar-refractivity contribution in [3.63, 3.8) is 0 Å². The summed E-state index contributed by atoms with van der Waals surface area (Å²) in [6.45, 7) is 3.78. The normalized spacial score (nSPS) is 13.5. The average Bonchev–Trinajstić information content (AvgIpc) is 2.62. The van der Waals surface area contributed by atoms with Crippen molar-refractivity contribution in [1.82, 2.24) is 15.2 Å². The Labute approximate surface area is 160 Å². The van der Waals surface area contributed by atoms with Crippen molar-refractivity contribution >= 4 is 35.1 Å². The number of nitrogens with one attached hydrogen (secondary N) is 1. The monoisotopic (exact) mass is 396 g/mol. The van der Waals surface area contributed by atoms with Crippen LogP contribution in [0.1, 0.15) is 5.56 Å². The third-order valence-corrected chi connectivity index (χ3v) is 4.22. The number of nitrogens with two attached hydrogens (primary N) is 1. The number of urea groups is 1. The molecule has 0 fully saturated rings. The molecule has 1 aromatic rings. The zero-order chi connectivity index (χ0) is 19.3. The summed E-state index contributed by atoms with van der Waals surface area (Å²) in [5.41, 5.74) is 1.29. The van der Waals surface area contributed by atoms with Crippen molar-refractivity contribution in [2.75, 3.05) is 13.2 Å². The number of nitrogens with zero attached hydrogens (tertiary/aromatic N) is 2. The molecule has 0 radical (unpaired) electrons. The zero-order valence-corrected chi connectivity index (χ0v) is 15.3. The quantitative estimate of drug-likeness (QED) is 0.403. The number of allylic oxidation sites excluding steroid dienone is 1. The van der Waals surface area contributed by atoms with Gasteiger partial charge in [-0.2, -0.15) is 0 Å². The SMILES string of the molecule is C=C1C=CC(C(=O)NCCO)=CN1C(=O)N(N)Cc1ccc(Cl)c(Cl)c1. The molecule has 0 unspecified atom stereocenters. The van der Waals surface area contributed by atoms with Crippen molar-refractivity contribution in [1.29, 1.82) is 0 Å². The molecule has 0 aromatic heterocycles. The molecule has 7 nitrogen and oxygen atoms in total. The number of aliphatic hydroxyl groups excluding tert-OH is 1. The average molecular weight is 397 g/mol. The molecule has 26 heavy (non-hydrogen) atoms. The van der Waals surface area contributed by atoms with Gasteiger partial charge in [-0.25, -0.2) is 10.6 Å². The highest BCUT2D eigenvalue weighted by atomic mass is 35.5. The Morgan fingerprint density at radius 3 is 2.65 bits per heavy atom. The number of hydrogen-bond acceptors (Lipinski definition) is 4. The Morgan fingerprint density at radius 1 is 1.27 bits per heavy atom. The molecule has 138 valence electrons. The van der Waals surface area contributed by atoms with E-state index in [1.165, 1.54) is 23.3 Å². The van der Waals surface area contributed by atoms with E-state index >= 15 is 0 Å². The lowest BCUT2D eigenvalue weighted by Gasteiger charge is -2.27. The molecule has 1 aliphatic heterocycles. The molecule has 4 N–H and O–H groups in total. The molecule has 1 aliphatic rings. The third-order valence-electron chi connectivity index (χ3n) is 3.48. The van der Waals surface area contributed by atoms with E-state index in [-0.39, 0.29) is 25.3 Å². The summed E-state index contributed by atoms with van der Waals surface area (Å²) >= 11 is 11.8. The van der Waals surface area contributed by atoms with Crippen molar-refractivity contribution in [2.24, 2.45) is 5.84 Å². The van der Waals surface area contributed by atoms with Gasteiger partial charge < -0.3 is 10.4 Å². The molecule has 0 saturated carbocycles. The first-order valence-electron chi connectivity index (χ1n) is 7.60. The number of aliphatic hydroxyl groups is 1. The number of hydrogen-bond donors (Lipinski definition) is 3. The van der Waals surface area contributed by atoms with Gasteiger partial charge in [0.2, 0.25) is 0 Å². The van der Waals surface area contributed by atoms with Crippen LogP contribution in [0, 0.1) is 0 Å². The minimum absolute atomic E-state index is 0.0864. The first kappa shape index (κ1) is 20.0. The van der Waals surface area contributed by atoms with Crippen LogP contribution in [0.25, 0.3) is 0 Å². The van der Waals surface area contributed by atoms with Gasteiger partial charge in [0, 0.05) is 18.4 Å². The second-order valence-corrected chi connectivity index (χ2v) is 6.23. The zero-order valence-electron chi connectivity index (χ0n) is 13.8. The largest absolute Gasteiger partial charge is 0.395 e. The number of carbonyl (C=O) groups is 2. The number of rotatable bonds is 5. The van der Waals surface area contributed by atoms with Gasteiger partial charge in [-0.15, -0.1) is 0 Å². The molecular weight excluding hydrogens is 379 g/mol. The van der Waals surface area contributed by atoms with Crippen LogP contribution in [0.4, 0.5) is 4.79 Å². The molecule has 9 heteroatoms. The fraction of sp³-hybridized carbons (Fsp3) is 0.176. The summed E-state index contributed by atoms with van der Waals surface area (Å²) in [5, 5.41) is 13.0. The predicted molar refractivity (Wildman–Crippen MR) is 99.9 cm³/mol. The van der Waals surface area contributed by atoms with E-state index in [9.17, 15) is 9.59 Å². The van der Waals surface area contributed by atoms with Crippen LogP contribution in [0.3, 0.4) is 0 Å². The van der Waals surface area contributed by atoms with E-state index in [0.29, 0.717) is 21.3 Å². The summed E-state index contributed by atoms with van der Waals surface area (Å²) in [7, 11) is 0. The Kier molecular flexibility index (Phi) is 6.82. The molecule has 1 heterocycles. The number of hydrazine groups is 1. The van der Waals surface area contributed by atoms with Gasteiger partial charge in [0.05, 0.1) is 28.8 Å². The lowest BCUT2D eigenvalue weighted by atomic mass is 10.1. The van der Waals surface area contributed by atoms with Gasteiger partial charge in [-0.3, -0.25) is 14.7 Å². The maximum atomic E-state index is 12.6. The molecule has 1 aromatic carbocycles. The van der Waals surface area contributed by atoms with Crippen LogP contribution < -0.4 is 11.2 Å². The highest BCUT2D eigenvalue weighted by Crippen LogP contribution is 2.23. The van der Waals surface area contributed by atoms with Crippen LogP contribution in [0.5, 0.6) is 0 Å². The van der Waals surface area contributed by atoms with E-state index in [1.807, 2.05) is 0 Å². The molecule has 2 rings (SSSR count). The van der Waals surface area contributed by atoms with Crippen molar-refractivity contribution in [3.8, 4) is 0 Å². The van der Waals surface area contributed by atoms with E-state index in [0.717, 1.165) is 5.01 Å². The Morgan fingerprint density at radius 2 is 2.00 bits per heavy atom. The molecule has 0 bridgehead atoms. The molecule has 3 amide bonds. The summed E-state index contributed by atoms with van der Waals surface area (Å²) in [6.07, 6.45) is 4.39. The molecule has 0 spiro atoms. The molecule has 0 aliphatic carbocycles. The van der Waals surface area contributed by atoms with E-state index in [1.54, 1.807) is 18.2 Å². The summed E-state index contributed by atoms with van der Waals surface area (Å²) in [6, 6.07) is 4.36. The number of carbonyl (C=O) groups excluding carboxylic acids is 2. The van der Waals surface area contributed by atoms with Crippen molar-refractivity contribution < 1.29 is 14.7 Å². The van der Waals surface area contributed by atoms with Crippen molar-refractivity contribution in [3.05, 3.63) is 70.0 Å². The molecule has 0 saturated heterocycles. The van der Waals surface area contributed by atoms with Crippen LogP contribution in [-0.4, -0.2) is 40.1 Å². The minimum Gasteiger partial charge on any atom is -0.395 e. The third kappa shape index (κ3) is 4.86. The summed E-state index contributed by atoms with van der Waals surface area (Å²) in [4.78, 5) is 25.8. The maximum absolute atomic E-state index is 12.6. The van der Waals surface area contributed by atoms with Crippen LogP contribution >= 0.6 is 23.2 Å². The lowest BCUT2D eigenvalue weighted by molar-refractivity contribution is -0.117. The Hall–Kier alpha value is -2.32. The van der Waals surface area contributed by atoms with Gasteiger partial charge >= 0.3 is 6.03 Å². The van der Waals surface area contributed by atoms with Crippen LogP contribution in [0.15, 0.2) is 54.4 Å². The predicted octanol–water partition coefficient (Wildman–Crippen LogP) is 2.17. The van der Waals surface area contributed by atoms with Crippen molar-refractivity contribution in [2.45, 2.75) is 6.54 Å². The fourth-order valence-electron chi connectivity index (χ4n) is 2.16. The van der Waals surface area contributed by atoms with Gasteiger partial charge in [-0.05, 0) is 29.8 Å². The summed E-state index contributed by atoms with van der Waals surface area (Å²) < 4.78 is 0. The van der Waals surface area contributed by atoms with Gasteiger partial charge in [-0.1, -0.05) is 35.8 Å². The number of amides is 3. The lowest BCUT2D eigenvalue weighted by Crippen LogP contribution is -2.44. The standard InChI is InChI=1S/C17H18Cl2N4O3/c1-11-2-4-13(16(25)21-6-7-24)10-22(11)17(26)23(20)9-12-3-5-14(18)15(19)8-12/h2-5,8,10,24H,1,6-7,9,20H2,(H,21,25). The number of halogens is 2. The van der Waals surface area contributed by atoms with E-state index in [2.05, 4.69) is 11.9 Å². The summed E-state index contributed by atoms with van der Waals surface area (Å²) in [5.74, 6) is 5.45. The van der Waals surface area contributed by atoms with E-state index in [4.69, 9.17) is 34.2 Å². The molecule has 0 atom stereocenters. The fourth-order valence-corrected chi connectivity index (χ4v) is 2.48. The maximum Gasteiger partial charge on any atom is 0.343 e. The minimum atomic E-state index is -0.571. The first-order chi connectivity index (χ1) is 12.3. The van der Waals surface area contributed by atoms with E-state index < -0.39 is 11.9 Å². The smallest absolute Gasteiger partial charge is 0.343 e. The second-order valence-electron chi connectivity index (χ2n) is 5.42. The van der Waals surface area contributed by atoms with Gasteiger partial charge in [0.25, 0.3) is 5.91 Å². The van der Waals surface area contributed by atoms with Crippen LogP contribution in [0.2, 0.25) is 10.0 Å². The topological polar surface area (TPSA) is 98.9 Å². The highest BCUT2D eigenvalue weighted by molar-refractivity contribution is 6.42. The number of benzene rings is 1. The molecular formula is C17H18Cl2N4O3. The Bertz CT molecular complexity index is 792. The van der Waals surface area contributed by atoms with Gasteiger partial charge in [0.15, 0.2) is 0 Å². The second kappa shape index (κ2) is 8.86. The highest BCUT2D eigenvalue weighted by Gasteiger charge is 2.23.